The molecule has 1 saturated carbocycles. The summed E-state index contributed by atoms with van der Waals surface area (Å²) in [6.07, 6.45) is 8.66. The van der Waals surface area contributed by atoms with Crippen molar-refractivity contribution in [3.05, 3.63) is 0 Å². The van der Waals surface area contributed by atoms with Gasteiger partial charge in [-0.15, -0.1) is 0 Å². The van der Waals surface area contributed by atoms with E-state index < -0.39 is 24.1 Å². The molecule has 8 nitrogen and oxygen atoms in total. The predicted octanol–water partition coefficient (Wildman–Crippen LogP) is 1.78. The summed E-state index contributed by atoms with van der Waals surface area (Å²) in [6.45, 7) is 0.264. The number of unbranched alkanes of at least 4 members (excludes halogenated alkanes) is 3. The van der Waals surface area contributed by atoms with Crippen molar-refractivity contribution in [2.45, 2.75) is 82.8 Å². The molecule has 8 heteroatoms. The van der Waals surface area contributed by atoms with Gasteiger partial charge in [0.05, 0.1) is 6.10 Å². The van der Waals surface area contributed by atoms with Gasteiger partial charge in [-0.2, -0.15) is 0 Å². The number of aliphatic hydroxyl groups is 1. The van der Waals surface area contributed by atoms with E-state index in [-0.39, 0.29) is 24.8 Å². The van der Waals surface area contributed by atoms with Crippen molar-refractivity contribution < 1.29 is 24.6 Å². The number of carboxylic acids is 1. The van der Waals surface area contributed by atoms with Crippen LogP contribution in [0.2, 0.25) is 0 Å². The molecule has 0 radical (unpaired) electrons. The van der Waals surface area contributed by atoms with Crippen molar-refractivity contribution in [2.24, 2.45) is 5.92 Å². The summed E-state index contributed by atoms with van der Waals surface area (Å²) >= 11 is 0. The van der Waals surface area contributed by atoms with Gasteiger partial charge in [0.15, 0.2) is 0 Å². The van der Waals surface area contributed by atoms with Crippen LogP contribution < -0.4 is 10.7 Å². The molecule has 148 valence electrons. The van der Waals surface area contributed by atoms with Gasteiger partial charge in [0, 0.05) is 13.0 Å². The molecule has 0 aromatic heterocycles. The number of urea groups is 1. The molecule has 1 heterocycles. The van der Waals surface area contributed by atoms with Crippen LogP contribution in [0.25, 0.3) is 0 Å². The van der Waals surface area contributed by atoms with E-state index in [1.165, 1.54) is 11.4 Å². The summed E-state index contributed by atoms with van der Waals surface area (Å²) in [6, 6.07) is -1.04. The number of hydrogen-bond donors (Lipinski definition) is 4. The number of hydrazine groups is 1. The number of rotatable bonds is 11. The number of aliphatic hydroxyl groups excluding tert-OH is 1. The first kappa shape index (κ1) is 20.6. The summed E-state index contributed by atoms with van der Waals surface area (Å²) in [5.74, 6) is -0.858. The van der Waals surface area contributed by atoms with Crippen LogP contribution in [0, 0.1) is 5.92 Å². The number of nitrogens with one attached hydrogen (secondary N) is 2. The van der Waals surface area contributed by atoms with Crippen molar-refractivity contribution in [1.29, 1.82) is 0 Å². The minimum absolute atomic E-state index is 0.162. The molecule has 0 aromatic rings. The van der Waals surface area contributed by atoms with Crippen molar-refractivity contribution in [3.8, 4) is 0 Å². The molecule has 2 fully saturated rings. The summed E-state index contributed by atoms with van der Waals surface area (Å²) in [5, 5.41) is 22.6. The Morgan fingerprint density at radius 1 is 1.15 bits per heavy atom. The Morgan fingerprint density at radius 3 is 2.54 bits per heavy atom. The van der Waals surface area contributed by atoms with Crippen LogP contribution in [-0.4, -0.2) is 51.8 Å². The Hall–Kier alpha value is -1.67. The van der Waals surface area contributed by atoms with Crippen molar-refractivity contribution in [3.63, 3.8) is 0 Å². The SMILES string of the molecule is O=C(O)CCCCCC[C@@H]1C(=O)NC(=O)N1NC[C@@H](O)C1CCCCC1. The highest BCUT2D eigenvalue weighted by Crippen LogP contribution is 2.26. The van der Waals surface area contributed by atoms with E-state index in [9.17, 15) is 19.5 Å². The maximum absolute atomic E-state index is 12.0. The number of carbonyl (C=O) groups excluding carboxylic acids is 2. The normalized spacial score (nSPS) is 22.5. The van der Waals surface area contributed by atoms with Gasteiger partial charge in [-0.1, -0.05) is 38.5 Å². The average Bonchev–Trinajstić information content (AvgIpc) is 2.89. The molecule has 2 atom stereocenters. The van der Waals surface area contributed by atoms with Crippen molar-refractivity contribution in [2.75, 3.05) is 6.54 Å². The minimum Gasteiger partial charge on any atom is -0.481 e. The molecular weight excluding hydrogens is 338 g/mol. The standard InChI is InChI=1S/C18H31N3O5/c22-15(13-8-4-3-5-9-13)12-19-21-14(17(25)20-18(21)26)10-6-1-2-7-11-16(23)24/h13-15,19,22H,1-12H2,(H,23,24)(H,20,25,26)/t14-,15-/m1/s1. The smallest absolute Gasteiger partial charge is 0.339 e. The van der Waals surface area contributed by atoms with Gasteiger partial charge in [-0.3, -0.25) is 14.9 Å². The zero-order valence-electron chi connectivity index (χ0n) is 15.3. The number of nitrogens with zero attached hydrogens (tertiary/aromatic N) is 1. The topological polar surface area (TPSA) is 119 Å². The first-order valence-electron chi connectivity index (χ1n) is 9.76. The molecule has 1 aliphatic heterocycles. The quantitative estimate of drug-likeness (QED) is 0.326. The van der Waals surface area contributed by atoms with E-state index >= 15 is 0 Å². The molecule has 0 spiro atoms. The second-order valence-corrected chi connectivity index (χ2v) is 7.35. The number of carbonyl (C=O) groups is 3. The monoisotopic (exact) mass is 369 g/mol. The van der Waals surface area contributed by atoms with E-state index in [1.54, 1.807) is 0 Å². The lowest BCUT2D eigenvalue weighted by Gasteiger charge is -2.29. The molecule has 26 heavy (non-hydrogen) atoms. The second-order valence-electron chi connectivity index (χ2n) is 7.35. The summed E-state index contributed by atoms with van der Waals surface area (Å²) < 4.78 is 0. The second kappa shape index (κ2) is 10.5. The fourth-order valence-corrected chi connectivity index (χ4v) is 3.79. The molecule has 0 aromatic carbocycles. The van der Waals surface area contributed by atoms with Gasteiger partial charge >= 0.3 is 12.0 Å². The van der Waals surface area contributed by atoms with E-state index in [0.29, 0.717) is 12.8 Å². The number of amides is 3. The highest BCUT2D eigenvalue weighted by molar-refractivity contribution is 6.03. The predicted molar refractivity (Wildman–Crippen MR) is 95.1 cm³/mol. The maximum Gasteiger partial charge on any atom is 0.339 e. The fourth-order valence-electron chi connectivity index (χ4n) is 3.79. The molecule has 1 saturated heterocycles. The first-order valence-corrected chi connectivity index (χ1v) is 9.76. The Bertz CT molecular complexity index is 493. The van der Waals surface area contributed by atoms with Crippen LogP contribution in [-0.2, 0) is 9.59 Å². The summed E-state index contributed by atoms with van der Waals surface area (Å²) in [5.41, 5.74) is 2.95. The highest BCUT2D eigenvalue weighted by Gasteiger charge is 2.38. The zero-order chi connectivity index (χ0) is 18.9. The van der Waals surface area contributed by atoms with Crippen LogP contribution in [0.5, 0.6) is 0 Å². The van der Waals surface area contributed by atoms with Gasteiger partial charge < -0.3 is 10.2 Å². The van der Waals surface area contributed by atoms with Gasteiger partial charge in [-0.05, 0) is 31.6 Å². The molecule has 2 rings (SSSR count). The molecule has 2 aliphatic rings. The van der Waals surface area contributed by atoms with E-state index in [4.69, 9.17) is 5.11 Å². The average molecular weight is 369 g/mol. The number of imide groups is 1. The van der Waals surface area contributed by atoms with Crippen LogP contribution >= 0.6 is 0 Å². The third-order valence-corrected chi connectivity index (χ3v) is 5.35. The third-order valence-electron chi connectivity index (χ3n) is 5.35. The van der Waals surface area contributed by atoms with Crippen molar-refractivity contribution >= 4 is 17.9 Å². The molecule has 0 unspecified atom stereocenters. The Labute approximate surface area is 154 Å². The molecule has 1 aliphatic carbocycles. The Balaban J connectivity index is 1.73. The largest absolute Gasteiger partial charge is 0.481 e. The first-order chi connectivity index (χ1) is 12.5. The van der Waals surface area contributed by atoms with Gasteiger partial charge in [0.2, 0.25) is 0 Å². The van der Waals surface area contributed by atoms with Crippen LogP contribution in [0.15, 0.2) is 0 Å². The van der Waals surface area contributed by atoms with E-state index in [0.717, 1.165) is 44.9 Å². The lowest BCUT2D eigenvalue weighted by atomic mass is 9.85. The third kappa shape index (κ3) is 6.25. The minimum atomic E-state index is -0.794. The number of hydrogen-bond acceptors (Lipinski definition) is 5. The van der Waals surface area contributed by atoms with Crippen LogP contribution in [0.4, 0.5) is 4.79 Å². The highest BCUT2D eigenvalue weighted by atomic mass is 16.4. The van der Waals surface area contributed by atoms with Crippen LogP contribution in [0.3, 0.4) is 0 Å². The maximum atomic E-state index is 12.0. The van der Waals surface area contributed by atoms with Crippen LogP contribution in [0.1, 0.15) is 70.6 Å². The Morgan fingerprint density at radius 2 is 1.85 bits per heavy atom. The summed E-state index contributed by atoms with van der Waals surface area (Å²) in [4.78, 5) is 34.5. The van der Waals surface area contributed by atoms with Crippen molar-refractivity contribution in [1.82, 2.24) is 15.8 Å². The lowest BCUT2D eigenvalue weighted by molar-refractivity contribution is -0.137. The molecule has 3 amide bonds. The summed E-state index contributed by atoms with van der Waals surface area (Å²) in [7, 11) is 0. The fraction of sp³-hybridized carbons (Fsp3) is 0.833. The molecule has 0 bridgehead atoms. The zero-order valence-corrected chi connectivity index (χ0v) is 15.3. The Kier molecular flexibility index (Phi) is 8.31. The molecular formula is C18H31N3O5. The number of aliphatic carboxylic acids is 1. The van der Waals surface area contributed by atoms with Gasteiger partial charge in [0.25, 0.3) is 5.91 Å². The van der Waals surface area contributed by atoms with Gasteiger partial charge in [-0.25, -0.2) is 15.2 Å². The lowest BCUT2D eigenvalue weighted by Crippen LogP contribution is -2.49. The van der Waals surface area contributed by atoms with E-state index in [2.05, 4.69) is 10.7 Å². The molecule has 4 N–H and O–H groups in total. The van der Waals surface area contributed by atoms with Gasteiger partial charge in [0.1, 0.15) is 6.04 Å². The number of carboxylic acid groups (broad SMARTS) is 1. The van der Waals surface area contributed by atoms with E-state index in [1.807, 2.05) is 0 Å².